The summed E-state index contributed by atoms with van der Waals surface area (Å²) in [5.41, 5.74) is -0.520. The molecule has 102 valence electrons. The third-order valence-electron chi connectivity index (χ3n) is 3.91. The van der Waals surface area contributed by atoms with E-state index in [1.54, 1.807) is 0 Å². The molecule has 2 aliphatic carbocycles. The van der Waals surface area contributed by atoms with Gasteiger partial charge in [-0.15, -0.1) is 0 Å². The molecule has 0 saturated heterocycles. The number of hydrogen-bond donors (Lipinski definition) is 2. The number of carboxylic acid groups (broad SMARTS) is 1. The summed E-state index contributed by atoms with van der Waals surface area (Å²) in [5.74, 6) is -0.675. The first-order chi connectivity index (χ1) is 8.28. The summed E-state index contributed by atoms with van der Waals surface area (Å²) in [6.07, 6.45) is 2.15. The van der Waals surface area contributed by atoms with Gasteiger partial charge in [0, 0.05) is 6.04 Å². The Labute approximate surface area is 107 Å². The summed E-state index contributed by atoms with van der Waals surface area (Å²) in [7, 11) is 0. The van der Waals surface area contributed by atoms with Crippen LogP contribution in [-0.4, -0.2) is 28.8 Å². The van der Waals surface area contributed by atoms with Gasteiger partial charge in [0.2, 0.25) is 0 Å². The van der Waals surface area contributed by atoms with Gasteiger partial charge in [0.1, 0.15) is 5.60 Å². The summed E-state index contributed by atoms with van der Waals surface area (Å²) in [5, 5.41) is 12.0. The van der Waals surface area contributed by atoms with Gasteiger partial charge in [-0.05, 0) is 51.9 Å². The van der Waals surface area contributed by atoms with E-state index in [0.29, 0.717) is 12.3 Å². The van der Waals surface area contributed by atoms with Gasteiger partial charge in [-0.1, -0.05) is 0 Å². The molecule has 0 unspecified atom stereocenters. The number of alkyl carbamates (subject to hydrolysis) is 1. The Morgan fingerprint density at radius 1 is 1.28 bits per heavy atom. The van der Waals surface area contributed by atoms with Gasteiger partial charge in [-0.3, -0.25) is 4.79 Å². The molecule has 1 amide bonds. The Morgan fingerprint density at radius 2 is 1.94 bits per heavy atom. The smallest absolute Gasteiger partial charge is 0.407 e. The zero-order valence-corrected chi connectivity index (χ0v) is 11.1. The molecule has 0 aromatic rings. The molecular formula is C13H21NO4. The van der Waals surface area contributed by atoms with E-state index in [1.807, 2.05) is 20.8 Å². The van der Waals surface area contributed by atoms with Crippen LogP contribution >= 0.6 is 0 Å². The molecule has 2 rings (SSSR count). The molecule has 0 aromatic carbocycles. The molecular weight excluding hydrogens is 234 g/mol. The summed E-state index contributed by atoms with van der Waals surface area (Å²) < 4.78 is 5.22. The van der Waals surface area contributed by atoms with Crippen molar-refractivity contribution in [2.24, 2.45) is 17.8 Å². The van der Waals surface area contributed by atoms with Crippen LogP contribution in [0.2, 0.25) is 0 Å². The van der Waals surface area contributed by atoms with Crippen molar-refractivity contribution >= 4 is 12.1 Å². The lowest BCUT2D eigenvalue weighted by molar-refractivity contribution is -0.143. The second-order valence-corrected chi connectivity index (χ2v) is 6.35. The summed E-state index contributed by atoms with van der Waals surface area (Å²) in [4.78, 5) is 22.8. The number of aliphatic carboxylic acids is 1. The van der Waals surface area contributed by atoms with Gasteiger partial charge in [0.25, 0.3) is 0 Å². The van der Waals surface area contributed by atoms with Crippen LogP contribution in [0.25, 0.3) is 0 Å². The van der Waals surface area contributed by atoms with Crippen molar-refractivity contribution in [2.75, 3.05) is 0 Å². The molecule has 0 aromatic heterocycles. The molecule has 2 saturated carbocycles. The van der Waals surface area contributed by atoms with E-state index in [1.165, 1.54) is 0 Å². The number of nitrogens with one attached hydrogen (secondary N) is 1. The van der Waals surface area contributed by atoms with Crippen molar-refractivity contribution in [2.45, 2.75) is 51.7 Å². The summed E-state index contributed by atoms with van der Waals surface area (Å²) in [6, 6.07) is -0.0269. The van der Waals surface area contributed by atoms with Crippen molar-refractivity contribution in [3.8, 4) is 0 Å². The molecule has 0 aliphatic heterocycles. The second kappa shape index (κ2) is 4.44. The lowest BCUT2D eigenvalue weighted by atomic mass is 9.89. The zero-order chi connectivity index (χ0) is 13.5. The molecule has 2 aliphatic rings. The van der Waals surface area contributed by atoms with E-state index in [2.05, 4.69) is 5.32 Å². The quantitative estimate of drug-likeness (QED) is 0.791. The molecule has 5 nitrogen and oxygen atoms in total. The van der Waals surface area contributed by atoms with Crippen molar-refractivity contribution in [3.05, 3.63) is 0 Å². The van der Waals surface area contributed by atoms with Gasteiger partial charge >= 0.3 is 12.1 Å². The van der Waals surface area contributed by atoms with E-state index in [-0.39, 0.29) is 17.9 Å². The van der Waals surface area contributed by atoms with Crippen LogP contribution in [0.1, 0.15) is 40.0 Å². The maximum atomic E-state index is 11.7. The molecule has 2 fully saturated rings. The minimum Gasteiger partial charge on any atom is -0.481 e. The van der Waals surface area contributed by atoms with Crippen LogP contribution in [0.4, 0.5) is 4.79 Å². The number of carbonyl (C=O) groups is 2. The highest BCUT2D eigenvalue weighted by molar-refractivity contribution is 5.72. The number of fused-ring (bicyclic) bond motifs is 2. The fraction of sp³-hybridized carbons (Fsp3) is 0.846. The van der Waals surface area contributed by atoms with E-state index >= 15 is 0 Å². The first-order valence-electron chi connectivity index (χ1n) is 6.50. The van der Waals surface area contributed by atoms with Crippen LogP contribution in [0.3, 0.4) is 0 Å². The van der Waals surface area contributed by atoms with Gasteiger partial charge in [0.15, 0.2) is 0 Å². The predicted molar refractivity (Wildman–Crippen MR) is 65.1 cm³/mol. The largest absolute Gasteiger partial charge is 0.481 e. The lowest BCUT2D eigenvalue weighted by Gasteiger charge is -2.24. The first-order valence-corrected chi connectivity index (χ1v) is 6.50. The van der Waals surface area contributed by atoms with Gasteiger partial charge < -0.3 is 15.2 Å². The Morgan fingerprint density at radius 3 is 2.44 bits per heavy atom. The monoisotopic (exact) mass is 255 g/mol. The van der Waals surface area contributed by atoms with Crippen LogP contribution in [0.5, 0.6) is 0 Å². The molecule has 4 atom stereocenters. The normalized spacial score (nSPS) is 34.4. The lowest BCUT2D eigenvalue weighted by Crippen LogP contribution is -2.42. The Kier molecular flexibility index (Phi) is 3.25. The average Bonchev–Trinajstić information content (AvgIpc) is 2.72. The molecule has 0 spiro atoms. The SMILES string of the molecule is CC(C)(C)OC(=O)N[C@@H]1[C@H]2CC[C@H]1[C@H](C(=O)O)C2. The maximum Gasteiger partial charge on any atom is 0.407 e. The van der Waals surface area contributed by atoms with Crippen molar-refractivity contribution in [3.63, 3.8) is 0 Å². The topological polar surface area (TPSA) is 75.6 Å². The predicted octanol–water partition coefficient (Wildman–Crippen LogP) is 2.01. The third kappa shape index (κ3) is 2.60. The van der Waals surface area contributed by atoms with E-state index in [4.69, 9.17) is 9.84 Å². The van der Waals surface area contributed by atoms with Gasteiger partial charge in [0.05, 0.1) is 5.92 Å². The Hall–Kier alpha value is -1.26. The molecule has 5 heteroatoms. The molecule has 2 bridgehead atoms. The highest BCUT2D eigenvalue weighted by Gasteiger charge is 2.51. The fourth-order valence-electron chi connectivity index (χ4n) is 3.28. The van der Waals surface area contributed by atoms with Crippen LogP contribution in [0.15, 0.2) is 0 Å². The number of amides is 1. The van der Waals surface area contributed by atoms with Crippen molar-refractivity contribution in [1.29, 1.82) is 0 Å². The molecule has 2 N–H and O–H groups in total. The summed E-state index contributed by atoms with van der Waals surface area (Å²) >= 11 is 0. The highest BCUT2D eigenvalue weighted by atomic mass is 16.6. The minimum absolute atomic E-state index is 0.0269. The van der Waals surface area contributed by atoms with Crippen molar-refractivity contribution in [1.82, 2.24) is 5.32 Å². The number of hydrogen-bond acceptors (Lipinski definition) is 3. The molecule has 18 heavy (non-hydrogen) atoms. The number of rotatable bonds is 2. The highest BCUT2D eigenvalue weighted by Crippen LogP contribution is 2.48. The average molecular weight is 255 g/mol. The van der Waals surface area contributed by atoms with Crippen LogP contribution in [0, 0.1) is 17.8 Å². The van der Waals surface area contributed by atoms with E-state index in [0.717, 1.165) is 12.8 Å². The minimum atomic E-state index is -0.738. The standard InChI is InChI=1S/C13H21NO4/c1-13(2,3)18-12(17)14-10-7-4-5-8(10)9(6-7)11(15)16/h7-10H,4-6H2,1-3H3,(H,14,17)(H,15,16)/t7-,8-,9+,10+/m0/s1. The van der Waals surface area contributed by atoms with E-state index < -0.39 is 17.7 Å². The van der Waals surface area contributed by atoms with Gasteiger partial charge in [-0.2, -0.15) is 0 Å². The molecule has 0 radical (unpaired) electrons. The first kappa shape index (κ1) is 13.2. The zero-order valence-electron chi connectivity index (χ0n) is 11.1. The van der Waals surface area contributed by atoms with E-state index in [9.17, 15) is 9.59 Å². The van der Waals surface area contributed by atoms with Crippen LogP contribution < -0.4 is 5.32 Å². The second-order valence-electron chi connectivity index (χ2n) is 6.35. The summed E-state index contributed by atoms with van der Waals surface area (Å²) in [6.45, 7) is 5.45. The number of ether oxygens (including phenoxy) is 1. The van der Waals surface area contributed by atoms with Crippen LogP contribution in [-0.2, 0) is 9.53 Å². The number of carbonyl (C=O) groups excluding carboxylic acids is 1. The maximum absolute atomic E-state index is 11.7. The third-order valence-corrected chi connectivity index (χ3v) is 3.91. The molecule has 0 heterocycles. The Bertz CT molecular complexity index is 360. The van der Waals surface area contributed by atoms with Gasteiger partial charge in [-0.25, -0.2) is 4.79 Å². The number of carboxylic acids is 1. The fourth-order valence-corrected chi connectivity index (χ4v) is 3.28. The van der Waals surface area contributed by atoms with Crippen molar-refractivity contribution < 1.29 is 19.4 Å². The Balaban J connectivity index is 1.95.